The van der Waals surface area contributed by atoms with E-state index in [4.69, 9.17) is 0 Å². The van der Waals surface area contributed by atoms with Crippen LogP contribution in [0.15, 0.2) is 17.5 Å². The van der Waals surface area contributed by atoms with Crippen LogP contribution in [0, 0.1) is 0 Å². The van der Waals surface area contributed by atoms with Crippen molar-refractivity contribution in [1.82, 2.24) is 20.5 Å². The topological polar surface area (TPSA) is 56.8 Å². The number of thiophene rings is 1. The minimum atomic E-state index is 0.498. The van der Waals surface area contributed by atoms with Gasteiger partial charge in [-0.1, -0.05) is 6.07 Å². The summed E-state index contributed by atoms with van der Waals surface area (Å²) in [4.78, 5) is 8.12. The van der Waals surface area contributed by atoms with E-state index in [0.717, 1.165) is 37.8 Å². The monoisotopic (exact) mass is 263 g/mol. The summed E-state index contributed by atoms with van der Waals surface area (Å²) >= 11 is 1.75. The van der Waals surface area contributed by atoms with Gasteiger partial charge in [-0.05, 0) is 18.4 Å². The van der Waals surface area contributed by atoms with Crippen LogP contribution in [0.2, 0.25) is 0 Å². The van der Waals surface area contributed by atoms with Gasteiger partial charge in [0.2, 0.25) is 5.95 Å². The zero-order chi connectivity index (χ0) is 12.4. The van der Waals surface area contributed by atoms with E-state index in [-0.39, 0.29) is 0 Å². The third kappa shape index (κ3) is 2.54. The van der Waals surface area contributed by atoms with Crippen molar-refractivity contribution in [2.75, 3.05) is 24.5 Å². The number of nitrogens with one attached hydrogen (secondary N) is 2. The maximum Gasteiger partial charge on any atom is 0.244 e. The molecule has 3 rings (SSSR count). The van der Waals surface area contributed by atoms with Gasteiger partial charge >= 0.3 is 0 Å². The summed E-state index contributed by atoms with van der Waals surface area (Å²) in [7, 11) is 0. The van der Waals surface area contributed by atoms with E-state index in [9.17, 15) is 0 Å². The third-order valence-corrected chi connectivity index (χ3v) is 3.97. The van der Waals surface area contributed by atoms with Gasteiger partial charge in [0.05, 0.1) is 0 Å². The van der Waals surface area contributed by atoms with Crippen LogP contribution in [0.25, 0.3) is 0 Å². The molecule has 5 nitrogen and oxygen atoms in total. The molecule has 0 spiro atoms. The van der Waals surface area contributed by atoms with Gasteiger partial charge in [-0.25, -0.2) is 0 Å². The van der Waals surface area contributed by atoms with E-state index in [2.05, 4.69) is 49.8 Å². The number of nitrogens with zero attached hydrogens (tertiary/aromatic N) is 3. The minimum absolute atomic E-state index is 0.498. The first-order chi connectivity index (χ1) is 8.81. The lowest BCUT2D eigenvalue weighted by atomic mass is 10.2. The maximum atomic E-state index is 4.58. The molecule has 1 aliphatic rings. The second-order valence-corrected chi connectivity index (χ2v) is 5.67. The van der Waals surface area contributed by atoms with Gasteiger partial charge in [0, 0.05) is 37.0 Å². The van der Waals surface area contributed by atoms with Crippen molar-refractivity contribution >= 4 is 17.3 Å². The Kier molecular flexibility index (Phi) is 3.29. The van der Waals surface area contributed by atoms with Crippen LogP contribution in [0.4, 0.5) is 5.95 Å². The fourth-order valence-electron chi connectivity index (χ4n) is 2.20. The predicted molar refractivity (Wildman–Crippen MR) is 73.2 cm³/mol. The first-order valence-electron chi connectivity index (χ1n) is 6.23. The van der Waals surface area contributed by atoms with Crippen molar-refractivity contribution in [3.8, 4) is 0 Å². The molecule has 0 amide bonds. The SMILES string of the molecule is CC1CN(c2n[nH]c(Cc3cccs3)n2)CCN1. The lowest BCUT2D eigenvalue weighted by Gasteiger charge is -2.30. The number of hydrogen-bond acceptors (Lipinski definition) is 5. The molecule has 96 valence electrons. The molecule has 3 heterocycles. The summed E-state index contributed by atoms with van der Waals surface area (Å²) in [5.41, 5.74) is 0. The predicted octanol–water partition coefficient (Wildman–Crippen LogP) is 1.26. The summed E-state index contributed by atoms with van der Waals surface area (Å²) in [6.45, 7) is 5.12. The van der Waals surface area contributed by atoms with Crippen LogP contribution in [0.1, 0.15) is 17.6 Å². The first kappa shape index (κ1) is 11.7. The zero-order valence-electron chi connectivity index (χ0n) is 10.4. The normalized spacial score (nSPS) is 20.3. The van der Waals surface area contributed by atoms with Crippen LogP contribution in [0.5, 0.6) is 0 Å². The Labute approximate surface area is 110 Å². The number of aromatic amines is 1. The Hall–Kier alpha value is -1.40. The number of piperazine rings is 1. The Morgan fingerprint density at radius 3 is 3.28 bits per heavy atom. The molecule has 0 radical (unpaired) electrons. The number of rotatable bonds is 3. The molecule has 1 fully saturated rings. The van der Waals surface area contributed by atoms with Crippen LogP contribution < -0.4 is 10.2 Å². The van der Waals surface area contributed by atoms with Gasteiger partial charge in [0.1, 0.15) is 5.82 Å². The van der Waals surface area contributed by atoms with Crippen molar-refractivity contribution in [2.24, 2.45) is 0 Å². The Morgan fingerprint density at radius 1 is 1.56 bits per heavy atom. The van der Waals surface area contributed by atoms with E-state index < -0.39 is 0 Å². The molecule has 1 aliphatic heterocycles. The highest BCUT2D eigenvalue weighted by Crippen LogP contribution is 2.15. The van der Waals surface area contributed by atoms with E-state index in [1.165, 1.54) is 4.88 Å². The van der Waals surface area contributed by atoms with Crippen molar-refractivity contribution in [1.29, 1.82) is 0 Å². The van der Waals surface area contributed by atoms with Gasteiger partial charge in [-0.2, -0.15) is 4.98 Å². The van der Waals surface area contributed by atoms with E-state index in [1.54, 1.807) is 11.3 Å². The lowest BCUT2D eigenvalue weighted by Crippen LogP contribution is -2.49. The fraction of sp³-hybridized carbons (Fsp3) is 0.500. The average Bonchev–Trinajstić information content (AvgIpc) is 3.01. The Balaban J connectivity index is 1.69. The second kappa shape index (κ2) is 5.07. The van der Waals surface area contributed by atoms with Crippen molar-refractivity contribution < 1.29 is 0 Å². The summed E-state index contributed by atoms with van der Waals surface area (Å²) in [6, 6.07) is 4.69. The van der Waals surface area contributed by atoms with Gasteiger partial charge in [0.15, 0.2) is 0 Å². The van der Waals surface area contributed by atoms with Crippen molar-refractivity contribution in [2.45, 2.75) is 19.4 Å². The van der Waals surface area contributed by atoms with Crippen LogP contribution >= 0.6 is 11.3 Å². The molecule has 0 saturated carbocycles. The molecular formula is C12H17N5S. The molecule has 0 aromatic carbocycles. The van der Waals surface area contributed by atoms with Crippen LogP contribution in [-0.2, 0) is 6.42 Å². The van der Waals surface area contributed by atoms with E-state index in [0.29, 0.717) is 6.04 Å². The summed E-state index contributed by atoms with van der Waals surface area (Å²) in [5, 5.41) is 12.9. The molecule has 2 N–H and O–H groups in total. The third-order valence-electron chi connectivity index (χ3n) is 3.09. The molecular weight excluding hydrogens is 246 g/mol. The number of H-pyrrole nitrogens is 1. The average molecular weight is 263 g/mol. The summed E-state index contributed by atoms with van der Waals surface area (Å²) in [6.07, 6.45) is 0.840. The number of aromatic nitrogens is 3. The number of anilines is 1. The molecule has 2 aromatic heterocycles. The second-order valence-electron chi connectivity index (χ2n) is 4.64. The Morgan fingerprint density at radius 2 is 2.50 bits per heavy atom. The molecule has 1 saturated heterocycles. The fourth-order valence-corrected chi connectivity index (χ4v) is 2.91. The highest BCUT2D eigenvalue weighted by atomic mass is 32.1. The minimum Gasteiger partial charge on any atom is -0.337 e. The zero-order valence-corrected chi connectivity index (χ0v) is 11.2. The molecule has 0 aliphatic carbocycles. The molecule has 0 bridgehead atoms. The van der Waals surface area contributed by atoms with Crippen molar-refractivity contribution in [3.63, 3.8) is 0 Å². The molecule has 2 aromatic rings. The van der Waals surface area contributed by atoms with E-state index >= 15 is 0 Å². The molecule has 18 heavy (non-hydrogen) atoms. The van der Waals surface area contributed by atoms with Crippen LogP contribution in [-0.4, -0.2) is 40.9 Å². The highest BCUT2D eigenvalue weighted by molar-refractivity contribution is 7.09. The Bertz CT molecular complexity index is 492. The van der Waals surface area contributed by atoms with Gasteiger partial charge in [0.25, 0.3) is 0 Å². The summed E-state index contributed by atoms with van der Waals surface area (Å²) < 4.78 is 0. The van der Waals surface area contributed by atoms with Crippen LogP contribution in [0.3, 0.4) is 0 Å². The molecule has 1 atom stereocenters. The quantitative estimate of drug-likeness (QED) is 0.875. The largest absolute Gasteiger partial charge is 0.337 e. The van der Waals surface area contributed by atoms with Crippen molar-refractivity contribution in [3.05, 3.63) is 28.2 Å². The first-order valence-corrected chi connectivity index (χ1v) is 7.11. The lowest BCUT2D eigenvalue weighted by molar-refractivity contribution is 0.480. The summed E-state index contributed by atoms with van der Waals surface area (Å²) in [5.74, 6) is 1.77. The molecule has 1 unspecified atom stereocenters. The molecule has 6 heteroatoms. The van der Waals surface area contributed by atoms with Gasteiger partial charge in [-0.3, -0.25) is 5.10 Å². The smallest absolute Gasteiger partial charge is 0.244 e. The van der Waals surface area contributed by atoms with Gasteiger partial charge < -0.3 is 10.2 Å². The highest BCUT2D eigenvalue weighted by Gasteiger charge is 2.19. The van der Waals surface area contributed by atoms with Gasteiger partial charge in [-0.15, -0.1) is 16.4 Å². The standard InChI is InChI=1S/C12H17N5S/c1-9-8-17(5-4-13-9)12-14-11(15-16-12)7-10-3-2-6-18-10/h2-3,6,9,13H,4-5,7-8H2,1H3,(H,14,15,16). The number of hydrogen-bond donors (Lipinski definition) is 2. The van der Waals surface area contributed by atoms with E-state index in [1.807, 2.05) is 0 Å². The maximum absolute atomic E-state index is 4.58.